The smallest absolute Gasteiger partial charge is 0.321 e. The predicted molar refractivity (Wildman–Crippen MR) is 110 cm³/mol. The highest BCUT2D eigenvalue weighted by Gasteiger charge is 2.23. The van der Waals surface area contributed by atoms with Crippen LogP contribution in [-0.2, 0) is 0 Å². The van der Waals surface area contributed by atoms with Crippen molar-refractivity contribution >= 4 is 33.5 Å². The number of β-amino-alcohol motifs (C(OH)–C–C–N with tert-alkyl or cyclic N) is 1. The van der Waals surface area contributed by atoms with Crippen molar-refractivity contribution in [3.63, 3.8) is 0 Å². The van der Waals surface area contributed by atoms with E-state index in [0.29, 0.717) is 19.1 Å². The van der Waals surface area contributed by atoms with E-state index in [0.717, 1.165) is 24.1 Å². The maximum absolute atomic E-state index is 12.7. The van der Waals surface area contributed by atoms with Gasteiger partial charge in [0.1, 0.15) is 0 Å². The second kappa shape index (κ2) is 6.89. The molecule has 27 heavy (non-hydrogen) atoms. The van der Waals surface area contributed by atoms with E-state index in [4.69, 9.17) is 0 Å². The molecule has 1 fully saturated rings. The molecule has 2 N–H and O–H groups in total. The number of para-hydroxylation sites is 1. The highest BCUT2D eigenvalue weighted by molar-refractivity contribution is 6.12. The molecule has 1 unspecified atom stereocenters. The molecule has 0 spiro atoms. The van der Waals surface area contributed by atoms with Crippen LogP contribution in [0.5, 0.6) is 0 Å². The van der Waals surface area contributed by atoms with Crippen molar-refractivity contribution in [2.24, 2.45) is 0 Å². The average Bonchev–Trinajstić information content (AvgIpc) is 2.99. The van der Waals surface area contributed by atoms with E-state index in [1.165, 1.54) is 21.8 Å². The van der Waals surface area contributed by atoms with Crippen molar-refractivity contribution in [2.75, 3.05) is 18.4 Å². The molecule has 2 aromatic carbocycles. The molecule has 3 aromatic rings. The summed E-state index contributed by atoms with van der Waals surface area (Å²) < 4.78 is 2.35. The number of carbonyl (C=O) groups is 1. The molecule has 1 atom stereocenters. The highest BCUT2D eigenvalue weighted by Crippen LogP contribution is 2.36. The molecule has 0 radical (unpaired) electrons. The molecule has 4 rings (SSSR count). The fraction of sp³-hybridized carbons (Fsp3) is 0.409. The van der Waals surface area contributed by atoms with Crippen LogP contribution in [0.1, 0.15) is 38.3 Å². The molecule has 1 aromatic heterocycles. The van der Waals surface area contributed by atoms with Crippen molar-refractivity contribution in [1.29, 1.82) is 0 Å². The number of piperidine rings is 1. The third-order valence-electron chi connectivity index (χ3n) is 5.58. The molecule has 0 bridgehead atoms. The lowest BCUT2D eigenvalue weighted by molar-refractivity contribution is 0.0883. The standard InChI is InChI=1S/C22H27N3O2/c1-14(2)25-19-9-5-4-8-17(19)21-15(3)18(10-11-20(21)25)23-22(27)24-12-6-7-16(26)13-24/h4-5,8-11,14,16,26H,6-7,12-13H2,1-3H3,(H,23,27). The van der Waals surface area contributed by atoms with Crippen molar-refractivity contribution in [3.05, 3.63) is 42.0 Å². The summed E-state index contributed by atoms with van der Waals surface area (Å²) in [4.78, 5) is 14.4. The lowest BCUT2D eigenvalue weighted by Gasteiger charge is -2.30. The van der Waals surface area contributed by atoms with E-state index in [1.54, 1.807) is 4.90 Å². The number of benzene rings is 2. The second-order valence-corrected chi connectivity index (χ2v) is 7.79. The Balaban J connectivity index is 1.76. The summed E-state index contributed by atoms with van der Waals surface area (Å²) in [6.45, 7) is 7.55. The summed E-state index contributed by atoms with van der Waals surface area (Å²) >= 11 is 0. The molecule has 1 saturated heterocycles. The Morgan fingerprint density at radius 3 is 2.70 bits per heavy atom. The van der Waals surface area contributed by atoms with Crippen molar-refractivity contribution in [3.8, 4) is 0 Å². The van der Waals surface area contributed by atoms with Gasteiger partial charge in [-0.3, -0.25) is 0 Å². The Labute approximate surface area is 159 Å². The number of aliphatic hydroxyl groups is 1. The molecule has 142 valence electrons. The Hall–Kier alpha value is -2.53. The predicted octanol–water partition coefficient (Wildman–Crippen LogP) is 4.67. The number of anilines is 1. The number of hydrogen-bond acceptors (Lipinski definition) is 2. The normalized spacial score (nSPS) is 17.8. The Morgan fingerprint density at radius 2 is 1.96 bits per heavy atom. The van der Waals surface area contributed by atoms with Crippen LogP contribution in [0.3, 0.4) is 0 Å². The molecule has 5 nitrogen and oxygen atoms in total. The number of urea groups is 1. The van der Waals surface area contributed by atoms with Gasteiger partial charge in [0.15, 0.2) is 0 Å². The summed E-state index contributed by atoms with van der Waals surface area (Å²) in [6, 6.07) is 12.7. The SMILES string of the molecule is Cc1c(NC(=O)N2CCCC(O)C2)ccc2c1c1ccccc1n2C(C)C. The molecule has 2 amide bonds. The summed E-state index contributed by atoms with van der Waals surface area (Å²) in [6.07, 6.45) is 1.19. The first kappa shape index (κ1) is 17.9. The number of aliphatic hydroxyl groups excluding tert-OH is 1. The first-order valence-corrected chi connectivity index (χ1v) is 9.73. The number of aromatic nitrogens is 1. The molecular formula is C22H27N3O2. The van der Waals surface area contributed by atoms with Gasteiger partial charge in [-0.15, -0.1) is 0 Å². The average molecular weight is 365 g/mol. The van der Waals surface area contributed by atoms with E-state index >= 15 is 0 Å². The van der Waals surface area contributed by atoms with Gasteiger partial charge in [-0.25, -0.2) is 4.79 Å². The van der Waals surface area contributed by atoms with Gasteiger partial charge in [0.2, 0.25) is 0 Å². The van der Waals surface area contributed by atoms with Crippen molar-refractivity contribution in [1.82, 2.24) is 9.47 Å². The van der Waals surface area contributed by atoms with Crippen LogP contribution in [0.2, 0.25) is 0 Å². The number of rotatable bonds is 2. The van der Waals surface area contributed by atoms with Crippen molar-refractivity contribution in [2.45, 2.75) is 45.8 Å². The first-order valence-electron chi connectivity index (χ1n) is 9.73. The van der Waals surface area contributed by atoms with Gasteiger partial charge in [0.05, 0.1) is 6.10 Å². The van der Waals surface area contributed by atoms with Crippen LogP contribution in [0.4, 0.5) is 10.5 Å². The van der Waals surface area contributed by atoms with Crippen LogP contribution in [0.15, 0.2) is 36.4 Å². The molecule has 0 saturated carbocycles. The number of nitrogens with one attached hydrogen (secondary N) is 1. The third-order valence-corrected chi connectivity index (χ3v) is 5.58. The van der Waals surface area contributed by atoms with Gasteiger partial charge in [0, 0.05) is 46.6 Å². The van der Waals surface area contributed by atoms with Gasteiger partial charge in [0.25, 0.3) is 0 Å². The van der Waals surface area contributed by atoms with Gasteiger partial charge < -0.3 is 19.9 Å². The largest absolute Gasteiger partial charge is 0.391 e. The van der Waals surface area contributed by atoms with Crippen LogP contribution in [0, 0.1) is 6.92 Å². The highest BCUT2D eigenvalue weighted by atomic mass is 16.3. The van der Waals surface area contributed by atoms with Gasteiger partial charge in [-0.1, -0.05) is 18.2 Å². The summed E-state index contributed by atoms with van der Waals surface area (Å²) in [5.41, 5.74) is 4.32. The minimum Gasteiger partial charge on any atom is -0.391 e. The monoisotopic (exact) mass is 365 g/mol. The molecular weight excluding hydrogens is 338 g/mol. The number of nitrogens with zero attached hydrogens (tertiary/aromatic N) is 2. The minimum absolute atomic E-state index is 0.135. The van der Waals surface area contributed by atoms with E-state index in [2.05, 4.69) is 61.0 Å². The third kappa shape index (κ3) is 3.06. The quantitative estimate of drug-likeness (QED) is 0.693. The minimum atomic E-state index is -0.419. The lowest BCUT2D eigenvalue weighted by Crippen LogP contribution is -2.44. The number of fused-ring (bicyclic) bond motifs is 3. The maximum Gasteiger partial charge on any atom is 0.321 e. The second-order valence-electron chi connectivity index (χ2n) is 7.79. The lowest BCUT2D eigenvalue weighted by atomic mass is 10.1. The Bertz CT molecular complexity index is 1010. The summed E-state index contributed by atoms with van der Waals surface area (Å²) in [5.74, 6) is 0. The van der Waals surface area contributed by atoms with Gasteiger partial charge in [-0.05, 0) is 57.4 Å². The fourth-order valence-electron chi connectivity index (χ4n) is 4.29. The van der Waals surface area contributed by atoms with Crippen LogP contribution >= 0.6 is 0 Å². The topological polar surface area (TPSA) is 57.5 Å². The molecule has 0 aliphatic carbocycles. The summed E-state index contributed by atoms with van der Waals surface area (Å²) in [7, 11) is 0. The number of likely N-dealkylation sites (tertiary alicyclic amines) is 1. The first-order chi connectivity index (χ1) is 13.0. The Kier molecular flexibility index (Phi) is 4.56. The van der Waals surface area contributed by atoms with Gasteiger partial charge >= 0.3 is 6.03 Å². The Morgan fingerprint density at radius 1 is 1.19 bits per heavy atom. The van der Waals surface area contributed by atoms with E-state index in [9.17, 15) is 9.90 Å². The molecule has 5 heteroatoms. The fourth-order valence-corrected chi connectivity index (χ4v) is 4.29. The van der Waals surface area contributed by atoms with Crippen LogP contribution < -0.4 is 5.32 Å². The number of carbonyl (C=O) groups excluding carboxylic acids is 1. The number of aryl methyl sites for hydroxylation is 1. The van der Waals surface area contributed by atoms with E-state index in [1.807, 2.05) is 6.07 Å². The zero-order valence-corrected chi connectivity index (χ0v) is 16.2. The molecule has 1 aliphatic heterocycles. The number of hydrogen-bond donors (Lipinski definition) is 2. The zero-order chi connectivity index (χ0) is 19.1. The number of amides is 2. The van der Waals surface area contributed by atoms with Gasteiger partial charge in [-0.2, -0.15) is 0 Å². The summed E-state index contributed by atoms with van der Waals surface area (Å²) in [5, 5.41) is 15.3. The maximum atomic E-state index is 12.7. The molecule has 2 heterocycles. The van der Waals surface area contributed by atoms with Crippen LogP contribution in [0.25, 0.3) is 21.8 Å². The van der Waals surface area contributed by atoms with Crippen molar-refractivity contribution < 1.29 is 9.90 Å². The van der Waals surface area contributed by atoms with E-state index in [-0.39, 0.29) is 6.03 Å². The zero-order valence-electron chi connectivity index (χ0n) is 16.2. The van der Waals surface area contributed by atoms with E-state index < -0.39 is 6.10 Å². The van der Waals surface area contributed by atoms with Crippen LogP contribution in [-0.4, -0.2) is 39.8 Å². The molecule has 1 aliphatic rings.